The highest BCUT2D eigenvalue weighted by molar-refractivity contribution is 7.91. The maximum atomic E-state index is 13.1. The molecule has 2 rings (SSSR count). The first-order valence-corrected chi connectivity index (χ1v) is 13.6. The van der Waals surface area contributed by atoms with Crippen LogP contribution in [0.2, 0.25) is 0 Å². The minimum atomic E-state index is -3.67. The smallest absolute Gasteiger partial charge is 0.318 e. The number of carbonyl (C=O) groups is 3. The Labute approximate surface area is 206 Å². The van der Waals surface area contributed by atoms with Gasteiger partial charge in [0.25, 0.3) is 0 Å². The Balaban J connectivity index is 2.20. The SMILES string of the molecule is CC[C@H](NC(=O)[C@H](CS(=O)(=O)CC(C)C)NC(=O)N1CCOCC1)C(=O)c1noc(C(C)(C)C)n1. The van der Waals surface area contributed by atoms with Crippen LogP contribution in [0.25, 0.3) is 0 Å². The molecule has 2 atom stereocenters. The number of ether oxygens (including phenoxy) is 1. The van der Waals surface area contributed by atoms with E-state index >= 15 is 0 Å². The first-order valence-electron chi connectivity index (χ1n) is 11.8. The molecule has 1 fully saturated rings. The van der Waals surface area contributed by atoms with Gasteiger partial charge in [-0.3, -0.25) is 9.59 Å². The van der Waals surface area contributed by atoms with Crippen molar-refractivity contribution < 1.29 is 32.1 Å². The second-order valence-electron chi connectivity index (χ2n) is 10.1. The molecule has 1 aliphatic heterocycles. The standard InChI is InChI=1S/C22H37N5O7S/c1-7-15(17(28)18-25-20(34-26-18)22(4,5)6)23-19(29)16(13-35(31,32)12-14(2)3)24-21(30)27-8-10-33-11-9-27/h14-16H,7-13H2,1-6H3,(H,23,29)(H,24,30)/t15-,16-/m0/s1. The number of sulfone groups is 1. The summed E-state index contributed by atoms with van der Waals surface area (Å²) in [6.07, 6.45) is 0.201. The molecule has 2 heterocycles. The Morgan fingerprint density at radius 2 is 1.69 bits per heavy atom. The maximum absolute atomic E-state index is 13.1. The number of amides is 3. The zero-order valence-corrected chi connectivity index (χ0v) is 22.1. The molecular formula is C22H37N5O7S. The summed E-state index contributed by atoms with van der Waals surface area (Å²) in [5.74, 6) is -2.13. The lowest BCUT2D eigenvalue weighted by atomic mass is 9.97. The van der Waals surface area contributed by atoms with Crippen LogP contribution in [0.15, 0.2) is 4.52 Å². The molecule has 198 valence electrons. The molecule has 1 aliphatic rings. The maximum Gasteiger partial charge on any atom is 0.318 e. The monoisotopic (exact) mass is 515 g/mol. The van der Waals surface area contributed by atoms with Crippen molar-refractivity contribution in [1.29, 1.82) is 0 Å². The highest BCUT2D eigenvalue weighted by Crippen LogP contribution is 2.20. The van der Waals surface area contributed by atoms with E-state index in [0.717, 1.165) is 0 Å². The molecule has 12 nitrogen and oxygen atoms in total. The first-order chi connectivity index (χ1) is 16.2. The zero-order chi connectivity index (χ0) is 26.4. The van der Waals surface area contributed by atoms with E-state index in [1.807, 2.05) is 20.8 Å². The van der Waals surface area contributed by atoms with Gasteiger partial charge in [-0.05, 0) is 12.3 Å². The lowest BCUT2D eigenvalue weighted by Gasteiger charge is -2.29. The Bertz CT molecular complexity index is 994. The van der Waals surface area contributed by atoms with E-state index in [1.165, 1.54) is 4.90 Å². The Kier molecular flexibility index (Phi) is 9.78. The molecule has 1 saturated heterocycles. The van der Waals surface area contributed by atoms with Crippen molar-refractivity contribution in [2.75, 3.05) is 37.8 Å². The van der Waals surface area contributed by atoms with E-state index in [1.54, 1.807) is 20.8 Å². The van der Waals surface area contributed by atoms with Gasteiger partial charge in [-0.15, -0.1) is 0 Å². The number of hydrogen-bond donors (Lipinski definition) is 2. The zero-order valence-electron chi connectivity index (χ0n) is 21.3. The normalized spacial score (nSPS) is 16.6. The van der Waals surface area contributed by atoms with E-state index < -0.39 is 50.8 Å². The highest BCUT2D eigenvalue weighted by Gasteiger charge is 2.34. The summed E-state index contributed by atoms with van der Waals surface area (Å²) in [4.78, 5) is 44.4. The van der Waals surface area contributed by atoms with Gasteiger partial charge in [0.05, 0.1) is 30.8 Å². The molecule has 13 heteroatoms. The van der Waals surface area contributed by atoms with Crippen LogP contribution in [0.3, 0.4) is 0 Å². The predicted molar refractivity (Wildman–Crippen MR) is 128 cm³/mol. The number of carbonyl (C=O) groups excluding carboxylic acids is 3. The summed E-state index contributed by atoms with van der Waals surface area (Å²) in [5.41, 5.74) is -0.462. The molecule has 0 saturated carbocycles. The summed E-state index contributed by atoms with van der Waals surface area (Å²) in [6.45, 7) is 12.1. The van der Waals surface area contributed by atoms with Crippen LogP contribution in [-0.2, 0) is 24.8 Å². The average molecular weight is 516 g/mol. The third-order valence-electron chi connectivity index (χ3n) is 5.25. The van der Waals surface area contributed by atoms with Crippen LogP contribution >= 0.6 is 0 Å². The van der Waals surface area contributed by atoms with Crippen molar-refractivity contribution in [3.05, 3.63) is 11.7 Å². The molecule has 0 radical (unpaired) electrons. The van der Waals surface area contributed by atoms with Crippen LogP contribution in [-0.4, -0.2) is 91.1 Å². The molecular weight excluding hydrogens is 478 g/mol. The molecule has 3 amide bonds. The molecule has 1 aromatic heterocycles. The molecule has 35 heavy (non-hydrogen) atoms. The third kappa shape index (κ3) is 8.57. The Hall–Kier alpha value is -2.54. The second kappa shape index (κ2) is 11.9. The van der Waals surface area contributed by atoms with Gasteiger partial charge in [-0.2, -0.15) is 4.98 Å². The van der Waals surface area contributed by atoms with Crippen molar-refractivity contribution in [1.82, 2.24) is 25.7 Å². The van der Waals surface area contributed by atoms with Crippen LogP contribution < -0.4 is 10.6 Å². The van der Waals surface area contributed by atoms with Gasteiger partial charge >= 0.3 is 6.03 Å². The second-order valence-corrected chi connectivity index (χ2v) is 12.2. The highest BCUT2D eigenvalue weighted by atomic mass is 32.2. The lowest BCUT2D eigenvalue weighted by Crippen LogP contribution is -2.57. The minimum Gasteiger partial charge on any atom is -0.378 e. The molecule has 1 aromatic rings. The number of urea groups is 1. The van der Waals surface area contributed by atoms with E-state index in [9.17, 15) is 22.8 Å². The fourth-order valence-electron chi connectivity index (χ4n) is 3.43. The fraction of sp³-hybridized carbons (Fsp3) is 0.773. The van der Waals surface area contributed by atoms with Crippen molar-refractivity contribution in [2.24, 2.45) is 5.92 Å². The van der Waals surface area contributed by atoms with Gasteiger partial charge in [-0.25, -0.2) is 13.2 Å². The van der Waals surface area contributed by atoms with Crippen LogP contribution in [0.5, 0.6) is 0 Å². The van der Waals surface area contributed by atoms with Gasteiger partial charge in [0, 0.05) is 18.5 Å². The molecule has 0 unspecified atom stereocenters. The number of ketones is 1. The minimum absolute atomic E-state index is 0.140. The lowest BCUT2D eigenvalue weighted by molar-refractivity contribution is -0.123. The number of morpholine rings is 1. The molecule has 0 bridgehead atoms. The number of nitrogens with zero attached hydrogens (tertiary/aromatic N) is 3. The quantitative estimate of drug-likeness (QED) is 0.432. The van der Waals surface area contributed by atoms with Gasteiger partial charge in [-0.1, -0.05) is 46.7 Å². The Morgan fingerprint density at radius 1 is 1.06 bits per heavy atom. The predicted octanol–water partition coefficient (Wildman–Crippen LogP) is 0.926. The number of nitrogens with one attached hydrogen (secondary N) is 2. The van der Waals surface area contributed by atoms with Crippen molar-refractivity contribution in [2.45, 2.75) is 65.5 Å². The molecule has 0 aliphatic carbocycles. The van der Waals surface area contributed by atoms with E-state index in [2.05, 4.69) is 20.8 Å². The van der Waals surface area contributed by atoms with Crippen LogP contribution in [0.4, 0.5) is 4.79 Å². The van der Waals surface area contributed by atoms with E-state index in [0.29, 0.717) is 26.3 Å². The topological polar surface area (TPSA) is 161 Å². The number of hydrogen-bond acceptors (Lipinski definition) is 9. The molecule has 2 N–H and O–H groups in total. The summed E-state index contributed by atoms with van der Waals surface area (Å²) in [6, 6.07) is -2.98. The number of rotatable bonds is 10. The fourth-order valence-corrected chi connectivity index (χ4v) is 5.32. The summed E-state index contributed by atoms with van der Waals surface area (Å²) >= 11 is 0. The average Bonchev–Trinajstić information content (AvgIpc) is 3.27. The molecule has 0 aromatic carbocycles. The van der Waals surface area contributed by atoms with Crippen LogP contribution in [0.1, 0.15) is 64.5 Å². The van der Waals surface area contributed by atoms with Gasteiger partial charge in [0.15, 0.2) is 9.84 Å². The van der Waals surface area contributed by atoms with E-state index in [-0.39, 0.29) is 29.8 Å². The summed E-state index contributed by atoms with van der Waals surface area (Å²) < 4.78 is 35.7. The van der Waals surface area contributed by atoms with E-state index in [4.69, 9.17) is 9.26 Å². The number of aromatic nitrogens is 2. The van der Waals surface area contributed by atoms with Gasteiger partial charge in [0.2, 0.25) is 23.4 Å². The largest absolute Gasteiger partial charge is 0.378 e. The van der Waals surface area contributed by atoms with Gasteiger partial charge < -0.3 is 24.8 Å². The van der Waals surface area contributed by atoms with Gasteiger partial charge in [0.1, 0.15) is 6.04 Å². The third-order valence-corrected chi connectivity index (χ3v) is 7.27. The van der Waals surface area contributed by atoms with Crippen molar-refractivity contribution in [3.63, 3.8) is 0 Å². The number of Topliss-reactive ketones (excluding diaryl/α,β-unsaturated/α-hetero) is 1. The molecule has 0 spiro atoms. The summed E-state index contributed by atoms with van der Waals surface area (Å²) in [5, 5.41) is 8.83. The first kappa shape index (κ1) is 28.7. The van der Waals surface area contributed by atoms with Crippen molar-refractivity contribution in [3.8, 4) is 0 Å². The summed E-state index contributed by atoms with van der Waals surface area (Å²) in [7, 11) is -3.67. The van der Waals surface area contributed by atoms with Crippen molar-refractivity contribution >= 4 is 27.6 Å². The Morgan fingerprint density at radius 3 is 2.20 bits per heavy atom. The van der Waals surface area contributed by atoms with Crippen LogP contribution in [0, 0.1) is 5.92 Å².